The van der Waals surface area contributed by atoms with Gasteiger partial charge in [0.15, 0.2) is 25.0 Å². The Kier molecular flexibility index (Phi) is 12.6. The zero-order valence-electron chi connectivity index (χ0n) is 28.7. The van der Waals surface area contributed by atoms with Crippen molar-refractivity contribution in [3.63, 3.8) is 0 Å². The van der Waals surface area contributed by atoms with Gasteiger partial charge in [-0.1, -0.05) is 68.4 Å². The molecule has 0 bridgehead atoms. The van der Waals surface area contributed by atoms with Crippen LogP contribution < -0.4 is 0 Å². The Hall–Kier alpha value is 0.191. The highest BCUT2D eigenvalue weighted by molar-refractivity contribution is 6.75. The molecule has 6 atom stereocenters. The van der Waals surface area contributed by atoms with Crippen molar-refractivity contribution >= 4 is 25.0 Å². The maximum atomic E-state index is 10.5. The highest BCUT2D eigenvalue weighted by Gasteiger charge is 2.48. The van der Waals surface area contributed by atoms with E-state index in [0.717, 1.165) is 19.3 Å². The van der Waals surface area contributed by atoms with Crippen molar-refractivity contribution in [2.75, 3.05) is 0 Å². The lowest BCUT2D eigenvalue weighted by Gasteiger charge is -2.44. The first-order valence-electron chi connectivity index (χ1n) is 15.2. The van der Waals surface area contributed by atoms with Gasteiger partial charge in [0.2, 0.25) is 0 Å². The Bertz CT molecular complexity index is 777. The minimum atomic E-state index is -2.04. The molecule has 0 aliphatic carbocycles. The number of ether oxygens (including phenoxy) is 1. The van der Waals surface area contributed by atoms with Gasteiger partial charge in [0.25, 0.3) is 0 Å². The monoisotopic (exact) mass is 602 g/mol. The fourth-order valence-corrected chi connectivity index (χ4v) is 8.43. The molecule has 232 valence electrons. The zero-order valence-corrected chi connectivity index (χ0v) is 31.7. The van der Waals surface area contributed by atoms with Crippen LogP contribution in [0.15, 0.2) is 12.7 Å². The van der Waals surface area contributed by atoms with Crippen LogP contribution in [0.2, 0.25) is 54.4 Å². The summed E-state index contributed by atoms with van der Waals surface area (Å²) < 4.78 is 27.0. The Morgan fingerprint density at radius 3 is 1.56 bits per heavy atom. The van der Waals surface area contributed by atoms with Gasteiger partial charge in [0.05, 0.1) is 18.3 Å². The van der Waals surface area contributed by atoms with E-state index in [1.807, 2.05) is 0 Å². The second kappa shape index (κ2) is 13.2. The van der Waals surface area contributed by atoms with Crippen molar-refractivity contribution < 1.29 is 23.1 Å². The van der Waals surface area contributed by atoms with Crippen LogP contribution in [0.4, 0.5) is 0 Å². The van der Waals surface area contributed by atoms with E-state index in [9.17, 15) is 5.11 Å². The summed E-state index contributed by atoms with van der Waals surface area (Å²) in [4.78, 5) is 0. The lowest BCUT2D eigenvalue weighted by atomic mass is 10.0. The van der Waals surface area contributed by atoms with Gasteiger partial charge in [0.1, 0.15) is 6.10 Å². The summed E-state index contributed by atoms with van der Waals surface area (Å²) in [6.07, 6.45) is 4.29. The third kappa shape index (κ3) is 11.1. The number of epoxide rings is 1. The van der Waals surface area contributed by atoms with Crippen molar-refractivity contribution in [2.45, 2.75) is 186 Å². The molecule has 1 unspecified atom stereocenters. The number of hydrogen-bond acceptors (Lipinski definition) is 5. The summed E-state index contributed by atoms with van der Waals surface area (Å²) in [5, 5.41) is 10.9. The van der Waals surface area contributed by atoms with Crippen LogP contribution in [-0.2, 0) is 18.0 Å². The fourth-order valence-electron chi connectivity index (χ4n) is 4.21. The molecule has 1 heterocycles. The van der Waals surface area contributed by atoms with E-state index in [0.29, 0.717) is 6.42 Å². The smallest absolute Gasteiger partial charge is 0.192 e. The number of hydrogen-bond donors (Lipinski definition) is 1. The van der Waals surface area contributed by atoms with E-state index >= 15 is 0 Å². The van der Waals surface area contributed by atoms with Crippen LogP contribution in [0.3, 0.4) is 0 Å². The second-order valence-electron chi connectivity index (χ2n) is 16.6. The first-order valence-corrected chi connectivity index (χ1v) is 23.9. The largest absolute Gasteiger partial charge is 0.414 e. The molecule has 39 heavy (non-hydrogen) atoms. The Labute approximate surface area is 246 Å². The molecular weight excluding hydrogens is 537 g/mol. The van der Waals surface area contributed by atoms with Crippen LogP contribution in [0.1, 0.15) is 94.9 Å². The minimum Gasteiger partial charge on any atom is -0.414 e. The molecule has 0 spiro atoms. The van der Waals surface area contributed by atoms with Crippen LogP contribution >= 0.6 is 0 Å². The summed E-state index contributed by atoms with van der Waals surface area (Å²) in [5.41, 5.74) is 0. The number of rotatable bonds is 15. The maximum absolute atomic E-state index is 10.5. The predicted octanol–water partition coefficient (Wildman–Crippen LogP) is 9.05. The van der Waals surface area contributed by atoms with Gasteiger partial charge in [-0.05, 0) is 80.6 Å². The van der Waals surface area contributed by atoms with Crippen molar-refractivity contribution in [3.8, 4) is 0 Å². The van der Waals surface area contributed by atoms with Crippen LogP contribution in [0, 0.1) is 0 Å². The van der Waals surface area contributed by atoms with Gasteiger partial charge in [-0.3, -0.25) is 0 Å². The van der Waals surface area contributed by atoms with Crippen LogP contribution in [-0.4, -0.2) is 66.7 Å². The maximum Gasteiger partial charge on any atom is 0.192 e. The van der Waals surface area contributed by atoms with E-state index in [1.165, 1.54) is 0 Å². The first-order chi connectivity index (χ1) is 17.2. The molecule has 0 amide bonds. The van der Waals surface area contributed by atoms with Gasteiger partial charge < -0.3 is 23.1 Å². The fraction of sp³-hybridized carbons (Fsp3) is 0.935. The first kappa shape index (κ1) is 37.2. The summed E-state index contributed by atoms with van der Waals surface area (Å²) in [5.74, 6) is 0. The lowest BCUT2D eigenvalue weighted by molar-refractivity contribution is 0.0522. The topological polar surface area (TPSA) is 60.5 Å². The molecule has 1 N–H and O–H groups in total. The van der Waals surface area contributed by atoms with Crippen molar-refractivity contribution in [3.05, 3.63) is 12.7 Å². The van der Waals surface area contributed by atoms with Crippen LogP contribution in [0.5, 0.6) is 0 Å². The quantitative estimate of drug-likeness (QED) is 0.115. The van der Waals surface area contributed by atoms with E-state index in [1.54, 1.807) is 6.08 Å². The highest BCUT2D eigenvalue weighted by atomic mass is 28.4. The number of aliphatic hydroxyl groups is 1. The summed E-state index contributed by atoms with van der Waals surface area (Å²) in [7, 11) is -5.97. The molecule has 1 saturated heterocycles. The molecule has 1 fully saturated rings. The molecule has 0 aromatic heterocycles. The Balaban J connectivity index is 3.26. The molecule has 1 aliphatic rings. The molecule has 1 rings (SSSR count). The third-order valence-electron chi connectivity index (χ3n) is 9.86. The molecule has 0 aromatic carbocycles. The molecular formula is C31H66O5Si3. The molecule has 0 radical (unpaired) electrons. The second-order valence-corrected chi connectivity index (χ2v) is 30.9. The van der Waals surface area contributed by atoms with Crippen molar-refractivity contribution in [2.24, 2.45) is 0 Å². The van der Waals surface area contributed by atoms with Gasteiger partial charge >= 0.3 is 0 Å². The van der Waals surface area contributed by atoms with Crippen LogP contribution in [0.25, 0.3) is 0 Å². The van der Waals surface area contributed by atoms with E-state index in [-0.39, 0.29) is 45.6 Å². The zero-order chi connectivity index (χ0) is 30.8. The third-order valence-corrected chi connectivity index (χ3v) is 23.5. The highest BCUT2D eigenvalue weighted by Crippen LogP contribution is 2.43. The van der Waals surface area contributed by atoms with Gasteiger partial charge in [0, 0.05) is 18.6 Å². The standard InChI is InChI=1S/C31H66O5Si3/c1-18-19-26(32)28-27(33-28)22-25(36-39(16,17)31(9,10)11)21-24(35-38(14,15)30(6,7)8)20-23(2)34-37(12,13)29(3,4)5/h18,23-28,32H,1,19-22H2,2-17H3/t23-,24-,25-,26?,27-,28+/m0/s1. The van der Waals surface area contributed by atoms with Crippen molar-refractivity contribution in [1.29, 1.82) is 0 Å². The predicted molar refractivity (Wildman–Crippen MR) is 175 cm³/mol. The molecule has 0 aromatic rings. The average molecular weight is 603 g/mol. The van der Waals surface area contributed by atoms with Crippen molar-refractivity contribution in [1.82, 2.24) is 0 Å². The van der Waals surface area contributed by atoms with Gasteiger partial charge in [-0.25, -0.2) is 0 Å². The molecule has 1 aliphatic heterocycles. The average Bonchev–Trinajstić information content (AvgIpc) is 3.43. The van der Waals surface area contributed by atoms with Gasteiger partial charge in [-0.15, -0.1) is 6.58 Å². The number of aliphatic hydroxyl groups excluding tert-OH is 1. The SMILES string of the molecule is C=CCC(O)[C@H]1O[C@H]1C[C@H](C[C@H](C[C@H](C)O[Si](C)(C)C(C)(C)C)O[Si](C)(C)C(C)(C)C)O[Si](C)(C)C(C)(C)C. The normalized spacial score (nSPS) is 22.8. The summed E-state index contributed by atoms with van der Waals surface area (Å²) in [6, 6.07) is 0. The van der Waals surface area contributed by atoms with E-state index in [2.05, 4.69) is 115 Å². The summed E-state index contributed by atoms with van der Waals surface area (Å²) >= 11 is 0. The minimum absolute atomic E-state index is 0.00617. The Morgan fingerprint density at radius 1 is 0.744 bits per heavy atom. The molecule has 5 nitrogen and oxygen atoms in total. The lowest BCUT2D eigenvalue weighted by Crippen LogP contribution is -2.49. The molecule has 0 saturated carbocycles. The van der Waals surface area contributed by atoms with Gasteiger partial charge in [-0.2, -0.15) is 0 Å². The van der Waals surface area contributed by atoms with E-state index in [4.69, 9.17) is 18.0 Å². The summed E-state index contributed by atoms with van der Waals surface area (Å²) in [6.45, 7) is 40.7. The van der Waals surface area contributed by atoms with E-state index < -0.39 is 31.1 Å². The molecule has 8 heteroatoms. The Morgan fingerprint density at radius 2 is 1.15 bits per heavy atom.